The number of imidazole rings is 1. The molecule has 0 N–H and O–H groups in total. The molecule has 2 unspecified atom stereocenters. The summed E-state index contributed by atoms with van der Waals surface area (Å²) in [4.78, 5) is 15.3. The van der Waals surface area contributed by atoms with Gasteiger partial charge in [0.15, 0.2) is 5.12 Å². The van der Waals surface area contributed by atoms with Crippen LogP contribution in [0.3, 0.4) is 0 Å². The molecule has 0 spiro atoms. The normalized spacial score (nSPS) is 23.5. The van der Waals surface area contributed by atoms with Gasteiger partial charge in [-0.15, -0.1) is 0 Å². The van der Waals surface area contributed by atoms with Gasteiger partial charge in [-0.3, -0.25) is 4.79 Å². The van der Waals surface area contributed by atoms with Crippen molar-refractivity contribution in [3.8, 4) is 0 Å². The van der Waals surface area contributed by atoms with Crippen molar-refractivity contribution in [2.24, 2.45) is 0 Å². The number of thioether (sulfide) groups is 1. The van der Waals surface area contributed by atoms with E-state index in [1.165, 1.54) is 18.7 Å². The molecule has 0 radical (unpaired) electrons. The molecule has 1 saturated heterocycles. The average molecular weight is 387 g/mol. The summed E-state index contributed by atoms with van der Waals surface area (Å²) < 4.78 is 14.1. The van der Waals surface area contributed by atoms with Gasteiger partial charge in [0.2, 0.25) is 5.79 Å². The summed E-state index contributed by atoms with van der Waals surface area (Å²) in [5.41, 5.74) is 0.706. The first kappa shape index (κ1) is 17.8. The third kappa shape index (κ3) is 3.95. The Hall–Kier alpha value is -1.05. The largest absolute Gasteiger partial charge is 0.342 e. The number of hydrogen-bond donors (Lipinski definition) is 0. The monoisotopic (exact) mass is 386 g/mol. The van der Waals surface area contributed by atoms with E-state index in [4.69, 9.17) is 32.7 Å². The molecule has 0 bridgehead atoms. The van der Waals surface area contributed by atoms with Gasteiger partial charge < -0.3 is 14.0 Å². The minimum atomic E-state index is -1.04. The van der Waals surface area contributed by atoms with E-state index in [2.05, 4.69) is 4.98 Å². The Balaban J connectivity index is 1.89. The summed E-state index contributed by atoms with van der Waals surface area (Å²) >= 11 is 13.6. The first-order chi connectivity index (χ1) is 11.5. The van der Waals surface area contributed by atoms with Crippen molar-refractivity contribution in [3.05, 3.63) is 52.5 Å². The van der Waals surface area contributed by atoms with Gasteiger partial charge in [0.05, 0.1) is 30.6 Å². The van der Waals surface area contributed by atoms with Crippen molar-refractivity contribution >= 4 is 40.1 Å². The molecule has 1 aromatic carbocycles. The lowest BCUT2D eigenvalue weighted by molar-refractivity contribution is -0.184. The summed E-state index contributed by atoms with van der Waals surface area (Å²) in [5, 5.41) is 1.07. The second kappa shape index (κ2) is 7.45. The third-order valence-corrected chi connectivity index (χ3v) is 5.12. The van der Waals surface area contributed by atoms with Crippen molar-refractivity contribution in [1.29, 1.82) is 0 Å². The predicted molar refractivity (Wildman–Crippen MR) is 94.3 cm³/mol. The van der Waals surface area contributed by atoms with E-state index in [1.54, 1.807) is 24.7 Å². The number of rotatable bonds is 5. The van der Waals surface area contributed by atoms with E-state index in [9.17, 15) is 4.79 Å². The number of aromatic nitrogens is 2. The molecule has 1 aliphatic heterocycles. The summed E-state index contributed by atoms with van der Waals surface area (Å²) in [6, 6.07) is 5.23. The van der Waals surface area contributed by atoms with Crippen LogP contribution in [0.2, 0.25) is 10.0 Å². The van der Waals surface area contributed by atoms with Crippen LogP contribution in [0.15, 0.2) is 36.9 Å². The van der Waals surface area contributed by atoms with Gasteiger partial charge in [-0.1, -0.05) is 41.0 Å². The highest BCUT2D eigenvalue weighted by Gasteiger charge is 2.45. The van der Waals surface area contributed by atoms with Crippen LogP contribution in [0.4, 0.5) is 0 Å². The zero-order valence-electron chi connectivity index (χ0n) is 12.9. The molecule has 3 rings (SSSR count). The van der Waals surface area contributed by atoms with Gasteiger partial charge in [0, 0.05) is 35.7 Å². The van der Waals surface area contributed by atoms with Crippen LogP contribution < -0.4 is 0 Å². The lowest BCUT2D eigenvalue weighted by atomic mass is 10.1. The van der Waals surface area contributed by atoms with Crippen LogP contribution in [0.5, 0.6) is 0 Å². The van der Waals surface area contributed by atoms with Gasteiger partial charge in [-0.05, 0) is 12.1 Å². The molecule has 8 heteroatoms. The lowest BCUT2D eigenvalue weighted by Gasteiger charge is -2.29. The van der Waals surface area contributed by atoms with Crippen LogP contribution in [-0.4, -0.2) is 33.1 Å². The Kier molecular flexibility index (Phi) is 5.52. The quantitative estimate of drug-likeness (QED) is 0.783. The van der Waals surface area contributed by atoms with Gasteiger partial charge in [-0.25, -0.2) is 4.98 Å². The highest BCUT2D eigenvalue weighted by molar-refractivity contribution is 8.13. The second-order valence-corrected chi connectivity index (χ2v) is 7.51. The molecule has 0 aliphatic carbocycles. The maximum Gasteiger partial charge on any atom is 0.215 e. The summed E-state index contributed by atoms with van der Waals surface area (Å²) in [6.45, 7) is 2.32. The van der Waals surface area contributed by atoms with Crippen molar-refractivity contribution in [2.45, 2.75) is 25.4 Å². The standard InChI is InChI=1S/C16H16Cl2N2O3S/c1-11(21)24-8-13-7-22-16(23-13,9-20-5-4-19-10-20)14-3-2-12(17)6-15(14)18/h2-6,10,13H,7-9H2,1H3. The van der Waals surface area contributed by atoms with Crippen LogP contribution in [0.1, 0.15) is 12.5 Å². The number of hydrogen-bond acceptors (Lipinski definition) is 5. The van der Waals surface area contributed by atoms with Gasteiger partial charge in [-0.2, -0.15) is 0 Å². The number of halogens is 2. The molecule has 1 aliphatic rings. The molecular formula is C16H16Cl2N2O3S. The van der Waals surface area contributed by atoms with Crippen molar-refractivity contribution in [3.63, 3.8) is 0 Å². The van der Waals surface area contributed by atoms with E-state index in [0.717, 1.165) is 0 Å². The molecule has 0 amide bonds. The van der Waals surface area contributed by atoms with Crippen LogP contribution >= 0.6 is 35.0 Å². The first-order valence-corrected chi connectivity index (χ1v) is 9.09. The fourth-order valence-electron chi connectivity index (χ4n) is 2.59. The number of ether oxygens (including phenoxy) is 2. The fraction of sp³-hybridized carbons (Fsp3) is 0.375. The van der Waals surface area contributed by atoms with Crippen molar-refractivity contribution in [1.82, 2.24) is 9.55 Å². The summed E-state index contributed by atoms with van der Waals surface area (Å²) in [7, 11) is 0. The van der Waals surface area contributed by atoms with E-state index in [0.29, 0.717) is 34.5 Å². The van der Waals surface area contributed by atoms with E-state index in [1.807, 2.05) is 16.8 Å². The Labute approximate surface area is 154 Å². The third-order valence-electron chi connectivity index (χ3n) is 3.62. The van der Waals surface area contributed by atoms with E-state index < -0.39 is 5.79 Å². The predicted octanol–water partition coefficient (Wildman–Crippen LogP) is 3.74. The second-order valence-electron chi connectivity index (χ2n) is 5.47. The Morgan fingerprint density at radius 3 is 3.00 bits per heavy atom. The van der Waals surface area contributed by atoms with E-state index in [-0.39, 0.29) is 11.2 Å². The maximum absolute atomic E-state index is 11.2. The van der Waals surface area contributed by atoms with E-state index >= 15 is 0 Å². The van der Waals surface area contributed by atoms with Crippen LogP contribution in [0.25, 0.3) is 0 Å². The molecule has 1 fully saturated rings. The Morgan fingerprint density at radius 1 is 1.50 bits per heavy atom. The SMILES string of the molecule is CC(=O)SCC1COC(Cn2ccnc2)(c2ccc(Cl)cc2Cl)O1. The van der Waals surface area contributed by atoms with Crippen molar-refractivity contribution in [2.75, 3.05) is 12.4 Å². The average Bonchev–Trinajstić information content (AvgIpc) is 3.16. The smallest absolute Gasteiger partial charge is 0.215 e. The Morgan fingerprint density at radius 2 is 2.33 bits per heavy atom. The molecule has 2 aromatic rings. The molecule has 0 saturated carbocycles. The molecule has 24 heavy (non-hydrogen) atoms. The zero-order valence-corrected chi connectivity index (χ0v) is 15.3. The fourth-order valence-corrected chi connectivity index (χ4v) is 3.72. The molecule has 1 aromatic heterocycles. The van der Waals surface area contributed by atoms with Gasteiger partial charge >= 0.3 is 0 Å². The van der Waals surface area contributed by atoms with Crippen LogP contribution in [0, 0.1) is 0 Å². The number of carbonyl (C=O) groups is 1. The van der Waals surface area contributed by atoms with Crippen LogP contribution in [-0.2, 0) is 26.6 Å². The molecule has 128 valence electrons. The molecular weight excluding hydrogens is 371 g/mol. The first-order valence-electron chi connectivity index (χ1n) is 7.35. The highest BCUT2D eigenvalue weighted by Crippen LogP contribution is 2.41. The maximum atomic E-state index is 11.2. The molecule has 2 atom stereocenters. The zero-order chi connectivity index (χ0) is 17.2. The number of carbonyl (C=O) groups excluding carboxylic acids is 1. The number of benzene rings is 1. The minimum absolute atomic E-state index is 0.0511. The molecule has 2 heterocycles. The molecule has 5 nitrogen and oxygen atoms in total. The summed E-state index contributed by atoms with van der Waals surface area (Å²) in [5.74, 6) is -0.503. The van der Waals surface area contributed by atoms with Crippen molar-refractivity contribution < 1.29 is 14.3 Å². The topological polar surface area (TPSA) is 53.4 Å². The Bertz CT molecular complexity index is 726. The summed E-state index contributed by atoms with van der Waals surface area (Å²) in [6.07, 6.45) is 5.01. The number of nitrogens with zero attached hydrogens (tertiary/aromatic N) is 2. The van der Waals surface area contributed by atoms with Gasteiger partial charge in [0.25, 0.3) is 0 Å². The minimum Gasteiger partial charge on any atom is -0.342 e. The van der Waals surface area contributed by atoms with Gasteiger partial charge in [0.1, 0.15) is 0 Å². The highest BCUT2D eigenvalue weighted by atomic mass is 35.5. The lowest BCUT2D eigenvalue weighted by Crippen LogP contribution is -2.34.